The van der Waals surface area contributed by atoms with Crippen molar-refractivity contribution in [2.24, 2.45) is 23.7 Å². The van der Waals surface area contributed by atoms with Gasteiger partial charge in [-0.05, 0) is 62.1 Å². The van der Waals surface area contributed by atoms with Crippen molar-refractivity contribution in [3.05, 3.63) is 60.2 Å². The van der Waals surface area contributed by atoms with Gasteiger partial charge < -0.3 is 14.4 Å². The molecule has 2 heterocycles. The van der Waals surface area contributed by atoms with E-state index in [-0.39, 0.29) is 48.4 Å². The first kappa shape index (κ1) is 24.7. The van der Waals surface area contributed by atoms with Crippen LogP contribution in [0.5, 0.6) is 11.5 Å². The van der Waals surface area contributed by atoms with Crippen LogP contribution >= 0.6 is 0 Å². The van der Waals surface area contributed by atoms with Crippen LogP contribution in [-0.4, -0.2) is 36.8 Å². The van der Waals surface area contributed by atoms with Crippen molar-refractivity contribution >= 4 is 35.1 Å². The van der Waals surface area contributed by atoms with E-state index in [0.29, 0.717) is 41.5 Å². The summed E-state index contributed by atoms with van der Waals surface area (Å²) < 4.78 is 11.3. The van der Waals surface area contributed by atoms with Gasteiger partial charge in [-0.1, -0.05) is 31.2 Å². The van der Waals surface area contributed by atoms with Gasteiger partial charge in [-0.3, -0.25) is 19.2 Å². The van der Waals surface area contributed by atoms with E-state index >= 15 is 0 Å². The van der Waals surface area contributed by atoms with Gasteiger partial charge in [0.15, 0.2) is 0 Å². The number of para-hydroxylation sites is 2. The second-order valence-electron chi connectivity index (χ2n) is 9.84. The average molecular weight is 503 g/mol. The topological polar surface area (TPSA) is 93.2 Å². The molecule has 2 aromatic rings. The molecule has 5 rings (SSSR count). The number of imide groups is 1. The van der Waals surface area contributed by atoms with Crippen molar-refractivity contribution in [3.8, 4) is 11.5 Å². The van der Waals surface area contributed by atoms with Gasteiger partial charge in [-0.25, -0.2) is 4.90 Å². The molecule has 0 saturated carbocycles. The van der Waals surface area contributed by atoms with Crippen LogP contribution in [0.25, 0.3) is 0 Å². The highest BCUT2D eigenvalue weighted by atomic mass is 16.5. The van der Waals surface area contributed by atoms with E-state index in [1.807, 2.05) is 38.1 Å². The monoisotopic (exact) mass is 502 g/mol. The number of carbonyl (C=O) groups is 4. The molecule has 8 heteroatoms. The summed E-state index contributed by atoms with van der Waals surface area (Å²) in [5.74, 6) is -1.44. The number of carbonyl (C=O) groups excluding carboxylic acids is 4. The number of ether oxygens (including phenoxy) is 2. The Labute approximate surface area is 215 Å². The molecule has 0 N–H and O–H groups in total. The molecule has 3 amide bonds. The van der Waals surface area contributed by atoms with Gasteiger partial charge in [0.25, 0.3) is 0 Å². The standard InChI is InChI=1S/C29H30N2O6/c1-4-36-24-11-6-5-10-23(24)30-16-19(15-25(30)32)29(35)37-20-12-13-22(18(3)14-20)31-27(33)21-9-7-8-17(2)26(21)28(31)34/h5-8,10-14,17,19,21,26H,4,9,15-16H2,1-3H3/t17-,19-,21-,26+/m1/s1. The number of esters is 1. The number of hydrogen-bond acceptors (Lipinski definition) is 6. The third-order valence-electron chi connectivity index (χ3n) is 7.41. The Kier molecular flexibility index (Phi) is 6.58. The number of amides is 3. The molecule has 0 bridgehead atoms. The Morgan fingerprint density at radius 2 is 1.84 bits per heavy atom. The zero-order chi connectivity index (χ0) is 26.3. The molecule has 192 valence electrons. The lowest BCUT2D eigenvalue weighted by Gasteiger charge is -2.22. The molecule has 37 heavy (non-hydrogen) atoms. The number of hydrogen-bond donors (Lipinski definition) is 0. The maximum atomic E-state index is 13.1. The van der Waals surface area contributed by atoms with E-state index in [1.54, 1.807) is 42.2 Å². The van der Waals surface area contributed by atoms with Gasteiger partial charge in [-0.15, -0.1) is 0 Å². The van der Waals surface area contributed by atoms with Gasteiger partial charge in [0.05, 0.1) is 35.7 Å². The first-order valence-electron chi connectivity index (χ1n) is 12.7. The van der Waals surface area contributed by atoms with E-state index in [9.17, 15) is 19.2 Å². The van der Waals surface area contributed by atoms with Crippen molar-refractivity contribution in [1.29, 1.82) is 0 Å². The van der Waals surface area contributed by atoms with Gasteiger partial charge in [-0.2, -0.15) is 0 Å². The van der Waals surface area contributed by atoms with E-state index in [1.165, 1.54) is 4.90 Å². The molecular weight excluding hydrogens is 472 g/mol. The number of allylic oxidation sites excluding steroid dienone is 2. The first-order chi connectivity index (χ1) is 17.8. The van der Waals surface area contributed by atoms with Crippen LogP contribution in [0.4, 0.5) is 11.4 Å². The fraction of sp³-hybridized carbons (Fsp3) is 0.379. The Bertz CT molecular complexity index is 1300. The highest BCUT2D eigenvalue weighted by Crippen LogP contribution is 2.42. The van der Waals surface area contributed by atoms with E-state index in [4.69, 9.17) is 9.47 Å². The zero-order valence-electron chi connectivity index (χ0n) is 21.2. The van der Waals surface area contributed by atoms with E-state index in [0.717, 1.165) is 0 Å². The number of aryl methyl sites for hydroxylation is 1. The molecule has 8 nitrogen and oxygen atoms in total. The molecular formula is C29H30N2O6. The smallest absolute Gasteiger partial charge is 0.316 e. The second-order valence-corrected chi connectivity index (χ2v) is 9.84. The number of anilines is 2. The molecule has 2 saturated heterocycles. The fourth-order valence-corrected chi connectivity index (χ4v) is 5.58. The molecule has 2 fully saturated rings. The largest absolute Gasteiger partial charge is 0.492 e. The van der Waals surface area contributed by atoms with Gasteiger partial charge in [0, 0.05) is 13.0 Å². The normalized spacial score (nSPS) is 25.0. The van der Waals surface area contributed by atoms with Gasteiger partial charge in [0.2, 0.25) is 17.7 Å². The average Bonchev–Trinajstić information content (AvgIpc) is 3.38. The van der Waals surface area contributed by atoms with Crippen molar-refractivity contribution in [3.63, 3.8) is 0 Å². The SMILES string of the molecule is CCOc1ccccc1N1C[C@H](C(=O)Oc2ccc(N3C(=O)[C@H]4[C@H](C)C=CC[C@H]4C3=O)c(C)c2)CC1=O. The third kappa shape index (κ3) is 4.41. The van der Waals surface area contributed by atoms with Crippen LogP contribution in [0.3, 0.4) is 0 Å². The van der Waals surface area contributed by atoms with Crippen LogP contribution in [0.1, 0.15) is 32.3 Å². The quantitative estimate of drug-likeness (QED) is 0.256. The summed E-state index contributed by atoms with van der Waals surface area (Å²) in [6.07, 6.45) is 4.58. The predicted octanol–water partition coefficient (Wildman–Crippen LogP) is 4.05. The summed E-state index contributed by atoms with van der Waals surface area (Å²) in [5, 5.41) is 0. The Morgan fingerprint density at radius 3 is 2.57 bits per heavy atom. The first-order valence-corrected chi connectivity index (χ1v) is 12.7. The molecule has 2 aliphatic heterocycles. The third-order valence-corrected chi connectivity index (χ3v) is 7.41. The Balaban J connectivity index is 1.29. The van der Waals surface area contributed by atoms with Gasteiger partial charge in [0.1, 0.15) is 11.5 Å². The van der Waals surface area contributed by atoms with Gasteiger partial charge >= 0.3 is 5.97 Å². The Morgan fingerprint density at radius 1 is 1.05 bits per heavy atom. The second kappa shape index (κ2) is 9.84. The van der Waals surface area contributed by atoms with E-state index in [2.05, 4.69) is 0 Å². The maximum Gasteiger partial charge on any atom is 0.316 e. The number of fused-ring (bicyclic) bond motifs is 1. The molecule has 0 unspecified atom stereocenters. The minimum Gasteiger partial charge on any atom is -0.492 e. The lowest BCUT2D eigenvalue weighted by molar-refractivity contribution is -0.139. The van der Waals surface area contributed by atoms with Crippen LogP contribution in [0.2, 0.25) is 0 Å². The van der Waals surface area contributed by atoms with Crippen molar-refractivity contribution in [2.75, 3.05) is 23.0 Å². The highest BCUT2D eigenvalue weighted by molar-refractivity contribution is 6.22. The van der Waals surface area contributed by atoms with Crippen LogP contribution in [0, 0.1) is 30.6 Å². The number of rotatable bonds is 6. The number of nitrogens with zero attached hydrogens (tertiary/aromatic N) is 2. The van der Waals surface area contributed by atoms with Crippen LogP contribution in [-0.2, 0) is 19.2 Å². The summed E-state index contributed by atoms with van der Waals surface area (Å²) in [7, 11) is 0. The minimum atomic E-state index is -0.624. The highest BCUT2D eigenvalue weighted by Gasteiger charge is 2.50. The Hall–Kier alpha value is -3.94. The predicted molar refractivity (Wildman–Crippen MR) is 137 cm³/mol. The van der Waals surface area contributed by atoms with Crippen LogP contribution in [0.15, 0.2) is 54.6 Å². The van der Waals surface area contributed by atoms with Crippen molar-refractivity contribution in [2.45, 2.75) is 33.6 Å². The zero-order valence-corrected chi connectivity index (χ0v) is 21.2. The summed E-state index contributed by atoms with van der Waals surface area (Å²) >= 11 is 0. The summed E-state index contributed by atoms with van der Waals surface area (Å²) in [4.78, 5) is 54.7. The number of benzene rings is 2. The maximum absolute atomic E-state index is 13.1. The van der Waals surface area contributed by atoms with Crippen molar-refractivity contribution < 1.29 is 28.7 Å². The summed E-state index contributed by atoms with van der Waals surface area (Å²) in [5.41, 5.74) is 1.79. The molecule has 3 aliphatic rings. The molecule has 0 radical (unpaired) electrons. The summed E-state index contributed by atoms with van der Waals surface area (Å²) in [6, 6.07) is 12.1. The molecule has 0 spiro atoms. The molecule has 1 aliphatic carbocycles. The minimum absolute atomic E-state index is 0.00919. The molecule has 0 aromatic heterocycles. The summed E-state index contributed by atoms with van der Waals surface area (Å²) in [6.45, 7) is 6.27. The van der Waals surface area contributed by atoms with Crippen molar-refractivity contribution in [1.82, 2.24) is 0 Å². The molecule has 4 atom stereocenters. The van der Waals surface area contributed by atoms with E-state index < -0.39 is 11.9 Å². The lowest BCUT2D eigenvalue weighted by atomic mass is 9.78. The lowest BCUT2D eigenvalue weighted by Crippen LogP contribution is -2.32. The fourth-order valence-electron chi connectivity index (χ4n) is 5.58. The molecule has 2 aromatic carbocycles. The van der Waals surface area contributed by atoms with Crippen LogP contribution < -0.4 is 19.3 Å².